The molecular formula is C29H37NO4. The molecule has 1 N–H and O–H groups in total. The molecule has 2 bridgehead atoms. The summed E-state index contributed by atoms with van der Waals surface area (Å²) in [5.74, 6) is 2.11. The van der Waals surface area contributed by atoms with Crippen LogP contribution in [-0.4, -0.2) is 36.6 Å². The summed E-state index contributed by atoms with van der Waals surface area (Å²) < 4.78 is 19.4. The molecule has 1 aromatic carbocycles. The fourth-order valence-electron chi connectivity index (χ4n) is 10.7. The van der Waals surface area contributed by atoms with E-state index in [2.05, 4.69) is 39.8 Å². The standard InChI is InChI=1S/C29H37NO4/c1-8-26-14-27(24(5,31)23(2,3)4)15-29(27,33-7)22-28(26)13-25(17(12-30)21(25)26)11-16-9-10-18(32-6)20(34-22)19(16)28/h9-10,17,21-22,31H,8,11,13-15H2,1-7H3/t17-,21+,22+,24+,25?,26+,27+,28-,29-/m0/s1. The lowest BCUT2D eigenvalue weighted by atomic mass is 9.44. The van der Waals surface area contributed by atoms with Gasteiger partial charge in [-0.15, -0.1) is 0 Å². The molecule has 34 heavy (non-hydrogen) atoms. The Labute approximate surface area is 202 Å². The zero-order chi connectivity index (χ0) is 24.3. The summed E-state index contributed by atoms with van der Waals surface area (Å²) in [7, 11) is 3.53. The van der Waals surface area contributed by atoms with Crippen LogP contribution in [-0.2, 0) is 16.6 Å². The number of methoxy groups -OCH3 is 2. The Morgan fingerprint density at radius 1 is 1.18 bits per heavy atom. The summed E-state index contributed by atoms with van der Waals surface area (Å²) in [6.07, 6.45) is 4.42. The quantitative estimate of drug-likeness (QED) is 0.696. The van der Waals surface area contributed by atoms with Gasteiger partial charge in [0, 0.05) is 23.5 Å². The average molecular weight is 464 g/mol. The molecular weight excluding hydrogens is 426 g/mol. The first-order valence-electron chi connectivity index (χ1n) is 13.0. The van der Waals surface area contributed by atoms with E-state index in [0.29, 0.717) is 5.92 Å². The zero-order valence-electron chi connectivity index (χ0n) is 21.5. The topological polar surface area (TPSA) is 71.7 Å². The fourth-order valence-corrected chi connectivity index (χ4v) is 10.7. The molecule has 9 atom stereocenters. The monoisotopic (exact) mass is 463 g/mol. The normalized spacial score (nSPS) is 49.7. The highest BCUT2D eigenvalue weighted by atomic mass is 16.6. The third kappa shape index (κ3) is 1.67. The first-order valence-corrected chi connectivity index (χ1v) is 13.0. The maximum Gasteiger partial charge on any atom is 0.165 e. The molecule has 182 valence electrons. The minimum absolute atomic E-state index is 0.0239. The number of nitriles is 1. The van der Waals surface area contributed by atoms with E-state index in [1.165, 1.54) is 11.1 Å². The van der Waals surface area contributed by atoms with Crippen molar-refractivity contribution in [3.05, 3.63) is 23.3 Å². The minimum atomic E-state index is -0.953. The molecule has 0 radical (unpaired) electrons. The van der Waals surface area contributed by atoms with Crippen molar-refractivity contribution < 1.29 is 19.3 Å². The van der Waals surface area contributed by atoms with Gasteiger partial charge in [0.05, 0.1) is 24.7 Å². The Kier molecular flexibility index (Phi) is 3.46. The third-order valence-electron chi connectivity index (χ3n) is 12.4. The van der Waals surface area contributed by atoms with Gasteiger partial charge in [0.2, 0.25) is 0 Å². The summed E-state index contributed by atoms with van der Waals surface area (Å²) in [4.78, 5) is 0. The van der Waals surface area contributed by atoms with Crippen molar-refractivity contribution in [2.45, 2.75) is 89.4 Å². The van der Waals surface area contributed by atoms with Crippen LogP contribution in [0.2, 0.25) is 0 Å². The van der Waals surface area contributed by atoms with E-state index in [1.54, 1.807) is 7.11 Å². The highest BCUT2D eigenvalue weighted by molar-refractivity contribution is 5.67. The number of fused-ring (bicyclic) bond motifs is 3. The highest BCUT2D eigenvalue weighted by Gasteiger charge is 2.97. The predicted molar refractivity (Wildman–Crippen MR) is 127 cm³/mol. The first kappa shape index (κ1) is 21.5. The van der Waals surface area contributed by atoms with E-state index < -0.39 is 16.6 Å². The molecule has 1 aromatic rings. The van der Waals surface area contributed by atoms with Gasteiger partial charge in [0.15, 0.2) is 11.5 Å². The van der Waals surface area contributed by atoms with Crippen LogP contribution in [0.1, 0.15) is 71.4 Å². The lowest BCUT2D eigenvalue weighted by molar-refractivity contribution is -0.210. The van der Waals surface area contributed by atoms with Crippen LogP contribution in [0, 0.1) is 44.8 Å². The number of nitrogens with zero attached hydrogens (tertiary/aromatic N) is 1. The van der Waals surface area contributed by atoms with E-state index in [9.17, 15) is 10.4 Å². The molecule has 2 spiro atoms. The van der Waals surface area contributed by atoms with Gasteiger partial charge >= 0.3 is 0 Å². The van der Waals surface area contributed by atoms with Gasteiger partial charge < -0.3 is 19.3 Å². The van der Waals surface area contributed by atoms with E-state index >= 15 is 0 Å². The van der Waals surface area contributed by atoms with Crippen molar-refractivity contribution in [3.8, 4) is 17.6 Å². The van der Waals surface area contributed by atoms with Crippen LogP contribution >= 0.6 is 0 Å². The second-order valence-electron chi connectivity index (χ2n) is 13.6. The van der Waals surface area contributed by atoms with Crippen LogP contribution in [0.5, 0.6) is 11.5 Å². The molecule has 1 unspecified atom stereocenters. The lowest BCUT2D eigenvalue weighted by Crippen LogP contribution is -2.68. The van der Waals surface area contributed by atoms with Gasteiger partial charge in [-0.1, -0.05) is 33.8 Å². The Morgan fingerprint density at radius 3 is 2.50 bits per heavy atom. The summed E-state index contributed by atoms with van der Waals surface area (Å²) in [5, 5.41) is 22.6. The van der Waals surface area contributed by atoms with Crippen molar-refractivity contribution in [1.82, 2.24) is 0 Å². The number of hydrogen-bond acceptors (Lipinski definition) is 5. The van der Waals surface area contributed by atoms with Crippen LogP contribution in [0.4, 0.5) is 0 Å². The molecule has 5 nitrogen and oxygen atoms in total. The third-order valence-corrected chi connectivity index (χ3v) is 12.4. The van der Waals surface area contributed by atoms with Crippen LogP contribution in [0.3, 0.4) is 0 Å². The summed E-state index contributed by atoms with van der Waals surface area (Å²) in [6.45, 7) is 10.7. The number of ether oxygens (including phenoxy) is 3. The maximum absolute atomic E-state index is 12.3. The van der Waals surface area contributed by atoms with E-state index in [4.69, 9.17) is 14.2 Å². The molecule has 6 aliphatic rings. The maximum atomic E-state index is 12.3. The number of aliphatic hydroxyl groups is 1. The molecule has 1 heterocycles. The molecule has 5 heteroatoms. The SMILES string of the molecule is CC[C@]12C[C@]3([C@](C)(O)C(C)(C)C)C[C@]3(OC)[C@@H]3Oc4c(OC)ccc5c4[C@@]31CC1(C5)[C@H]2[C@@H]1C#N. The van der Waals surface area contributed by atoms with E-state index in [0.717, 1.165) is 43.6 Å². The Hall–Kier alpha value is -1.77. The number of hydrogen-bond donors (Lipinski definition) is 1. The van der Waals surface area contributed by atoms with Crippen LogP contribution in [0.15, 0.2) is 12.1 Å². The second-order valence-corrected chi connectivity index (χ2v) is 13.6. The second kappa shape index (κ2) is 5.47. The van der Waals surface area contributed by atoms with Crippen molar-refractivity contribution >= 4 is 0 Å². The van der Waals surface area contributed by atoms with Crippen molar-refractivity contribution in [1.29, 1.82) is 5.26 Å². The Balaban J connectivity index is 1.55. The minimum Gasteiger partial charge on any atom is -0.493 e. The number of rotatable bonds is 4. The number of benzene rings is 1. The highest BCUT2D eigenvalue weighted by Crippen LogP contribution is 2.94. The Bertz CT molecular complexity index is 1190. The lowest BCUT2D eigenvalue weighted by Gasteiger charge is -2.61. The largest absolute Gasteiger partial charge is 0.493 e. The van der Waals surface area contributed by atoms with Crippen molar-refractivity contribution in [2.24, 2.45) is 33.5 Å². The summed E-state index contributed by atoms with van der Waals surface area (Å²) >= 11 is 0. The van der Waals surface area contributed by atoms with Crippen LogP contribution in [0.25, 0.3) is 0 Å². The smallest absolute Gasteiger partial charge is 0.165 e. The fraction of sp³-hybridized carbons (Fsp3) is 0.759. The molecule has 5 aliphatic carbocycles. The molecule has 4 saturated carbocycles. The van der Waals surface area contributed by atoms with Gasteiger partial charge in [-0.3, -0.25) is 0 Å². The first-order chi connectivity index (χ1) is 15.9. The predicted octanol–water partition coefficient (Wildman–Crippen LogP) is 4.78. The molecule has 7 rings (SSSR count). The molecule has 0 aromatic heterocycles. The van der Waals surface area contributed by atoms with Crippen molar-refractivity contribution in [3.63, 3.8) is 0 Å². The molecule has 0 amide bonds. The van der Waals surface area contributed by atoms with Gasteiger partial charge in [-0.2, -0.15) is 5.26 Å². The average Bonchev–Trinajstić information content (AvgIpc) is 3.57. The molecule has 0 saturated heterocycles. The Morgan fingerprint density at radius 2 is 1.91 bits per heavy atom. The van der Waals surface area contributed by atoms with E-state index in [1.807, 2.05) is 20.1 Å². The van der Waals surface area contributed by atoms with Gasteiger partial charge in [0.25, 0.3) is 0 Å². The van der Waals surface area contributed by atoms with Gasteiger partial charge in [0.1, 0.15) is 11.7 Å². The molecule has 1 aliphatic heterocycles. The summed E-state index contributed by atoms with van der Waals surface area (Å²) in [5.41, 5.74) is 0.143. The zero-order valence-corrected chi connectivity index (χ0v) is 21.5. The van der Waals surface area contributed by atoms with Crippen LogP contribution < -0.4 is 9.47 Å². The summed E-state index contributed by atoms with van der Waals surface area (Å²) in [6, 6.07) is 7.00. The van der Waals surface area contributed by atoms with E-state index in [-0.39, 0.29) is 33.7 Å². The van der Waals surface area contributed by atoms with Crippen molar-refractivity contribution in [2.75, 3.05) is 14.2 Å². The molecule has 4 fully saturated rings. The van der Waals surface area contributed by atoms with Gasteiger partial charge in [-0.05, 0) is 72.8 Å². The van der Waals surface area contributed by atoms with Gasteiger partial charge in [-0.25, -0.2) is 0 Å².